The van der Waals surface area contributed by atoms with Crippen LogP contribution in [0, 0.1) is 11.3 Å². The van der Waals surface area contributed by atoms with Gasteiger partial charge in [-0.15, -0.1) is 11.3 Å². The number of carbonyl (C=O) groups is 1. The second kappa shape index (κ2) is 8.71. The zero-order valence-electron chi connectivity index (χ0n) is 15.2. The van der Waals surface area contributed by atoms with Gasteiger partial charge in [0.15, 0.2) is 5.13 Å². The van der Waals surface area contributed by atoms with Gasteiger partial charge in [-0.3, -0.25) is 4.79 Å². The van der Waals surface area contributed by atoms with Crippen molar-refractivity contribution >= 4 is 44.0 Å². The Balaban J connectivity index is 1.65. The summed E-state index contributed by atoms with van der Waals surface area (Å²) in [6, 6.07) is 14.6. The molecule has 1 aromatic heterocycles. The Hall–Kier alpha value is -2.77. The number of halogens is 1. The second-order valence-corrected chi connectivity index (χ2v) is 9.33. The third kappa shape index (κ3) is 4.99. The number of anilines is 1. The molecular weight excluding hydrogens is 432 g/mol. The van der Waals surface area contributed by atoms with Crippen molar-refractivity contribution in [3.05, 3.63) is 64.5 Å². The molecule has 0 bridgehead atoms. The van der Waals surface area contributed by atoms with Gasteiger partial charge in [0.25, 0.3) is 0 Å². The first-order chi connectivity index (χ1) is 13.8. The number of nitrogens with one attached hydrogen (secondary N) is 1. The van der Waals surface area contributed by atoms with Crippen LogP contribution in [0.5, 0.6) is 0 Å². The van der Waals surface area contributed by atoms with Gasteiger partial charge in [-0.25, -0.2) is 13.4 Å². The van der Waals surface area contributed by atoms with Crippen molar-refractivity contribution < 1.29 is 13.2 Å². The number of thiazole rings is 1. The van der Waals surface area contributed by atoms with Crippen LogP contribution in [-0.2, 0) is 14.8 Å². The van der Waals surface area contributed by atoms with Crippen LogP contribution in [0.4, 0.5) is 5.13 Å². The number of nitriles is 1. The van der Waals surface area contributed by atoms with Gasteiger partial charge in [-0.05, 0) is 36.4 Å². The Labute approximate surface area is 177 Å². The van der Waals surface area contributed by atoms with Crippen molar-refractivity contribution in [2.45, 2.75) is 4.90 Å². The Morgan fingerprint density at radius 3 is 2.48 bits per heavy atom. The summed E-state index contributed by atoms with van der Waals surface area (Å²) < 4.78 is 26.1. The summed E-state index contributed by atoms with van der Waals surface area (Å²) in [5.41, 5.74) is 1.89. The maximum Gasteiger partial charge on any atom is 0.243 e. The first-order valence-electron chi connectivity index (χ1n) is 8.27. The summed E-state index contributed by atoms with van der Waals surface area (Å²) in [6.45, 7) is -0.377. The topological polar surface area (TPSA) is 103 Å². The van der Waals surface area contributed by atoms with E-state index in [1.165, 1.54) is 42.6 Å². The van der Waals surface area contributed by atoms with Gasteiger partial charge < -0.3 is 5.32 Å². The molecule has 1 amide bonds. The third-order valence-electron chi connectivity index (χ3n) is 3.95. The van der Waals surface area contributed by atoms with Crippen LogP contribution < -0.4 is 5.32 Å². The predicted octanol–water partition coefficient (Wildman–Crippen LogP) is 3.59. The Morgan fingerprint density at radius 2 is 1.86 bits per heavy atom. The van der Waals surface area contributed by atoms with Crippen LogP contribution in [0.15, 0.2) is 58.8 Å². The molecule has 1 heterocycles. The average molecular weight is 447 g/mol. The lowest BCUT2D eigenvalue weighted by atomic mass is 10.2. The first kappa shape index (κ1) is 21.0. The maximum absolute atomic E-state index is 12.6. The molecule has 0 aliphatic rings. The van der Waals surface area contributed by atoms with Crippen LogP contribution in [-0.4, -0.2) is 37.2 Å². The zero-order chi connectivity index (χ0) is 21.0. The number of likely N-dealkylation sites (N-methyl/N-ethyl adjacent to an activating group) is 1. The summed E-state index contributed by atoms with van der Waals surface area (Å²) in [7, 11) is -2.55. The van der Waals surface area contributed by atoms with E-state index >= 15 is 0 Å². The zero-order valence-corrected chi connectivity index (χ0v) is 17.6. The van der Waals surface area contributed by atoms with E-state index in [9.17, 15) is 13.2 Å². The highest BCUT2D eigenvalue weighted by molar-refractivity contribution is 7.89. The SMILES string of the molecule is CN(CC(=O)Nc1nc(-c2ccc(Cl)cc2)cs1)S(=O)(=O)c1ccc(C#N)cc1. The Kier molecular flexibility index (Phi) is 6.30. The molecule has 0 saturated carbocycles. The number of hydrogen-bond donors (Lipinski definition) is 1. The van der Waals surface area contributed by atoms with Crippen LogP contribution in [0.3, 0.4) is 0 Å². The Morgan fingerprint density at radius 1 is 1.21 bits per heavy atom. The van der Waals surface area contributed by atoms with Gasteiger partial charge in [0.2, 0.25) is 15.9 Å². The fraction of sp³-hybridized carbons (Fsp3) is 0.105. The molecule has 3 aromatic rings. The fourth-order valence-corrected chi connectivity index (χ4v) is 4.40. The molecule has 0 unspecified atom stereocenters. The summed E-state index contributed by atoms with van der Waals surface area (Å²) in [4.78, 5) is 16.6. The van der Waals surface area contributed by atoms with Gasteiger partial charge in [0, 0.05) is 23.0 Å². The van der Waals surface area contributed by atoms with Crippen molar-refractivity contribution in [3.8, 4) is 17.3 Å². The molecule has 0 saturated heterocycles. The minimum Gasteiger partial charge on any atom is -0.301 e. The van der Waals surface area contributed by atoms with Gasteiger partial charge >= 0.3 is 0 Å². The number of sulfonamides is 1. The molecule has 0 radical (unpaired) electrons. The predicted molar refractivity (Wildman–Crippen MR) is 112 cm³/mol. The van der Waals surface area contributed by atoms with Crippen LogP contribution in [0.25, 0.3) is 11.3 Å². The van der Waals surface area contributed by atoms with E-state index in [1.54, 1.807) is 17.5 Å². The van der Waals surface area contributed by atoms with E-state index in [0.29, 0.717) is 21.4 Å². The molecule has 3 rings (SSSR count). The molecule has 1 N–H and O–H groups in total. The number of amides is 1. The maximum atomic E-state index is 12.6. The number of nitrogens with zero attached hydrogens (tertiary/aromatic N) is 3. The van der Waals surface area contributed by atoms with Crippen molar-refractivity contribution in [1.29, 1.82) is 5.26 Å². The molecule has 148 valence electrons. The van der Waals surface area contributed by atoms with Gasteiger partial charge in [-0.2, -0.15) is 9.57 Å². The number of rotatable bonds is 6. The first-order valence-corrected chi connectivity index (χ1v) is 11.0. The lowest BCUT2D eigenvalue weighted by molar-refractivity contribution is -0.116. The van der Waals surface area contributed by atoms with Crippen LogP contribution in [0.2, 0.25) is 5.02 Å². The number of benzene rings is 2. The standard InChI is InChI=1S/C19H15ClN4O3S2/c1-24(29(26,27)16-8-2-13(10-21)3-9-16)11-18(25)23-19-22-17(12-28-19)14-4-6-15(20)7-5-14/h2-9,12H,11H2,1H3,(H,22,23,25). The summed E-state index contributed by atoms with van der Waals surface area (Å²) in [6.07, 6.45) is 0. The third-order valence-corrected chi connectivity index (χ3v) is 6.78. The minimum atomic E-state index is -3.86. The molecule has 7 nitrogen and oxygen atoms in total. The summed E-state index contributed by atoms with van der Waals surface area (Å²) in [5, 5.41) is 14.2. The molecule has 29 heavy (non-hydrogen) atoms. The molecule has 0 spiro atoms. The van der Waals surface area contributed by atoms with Crippen molar-refractivity contribution in [2.24, 2.45) is 0 Å². The lowest BCUT2D eigenvalue weighted by Crippen LogP contribution is -2.34. The minimum absolute atomic E-state index is 0.00562. The Bertz CT molecular complexity index is 1170. The average Bonchev–Trinajstić information content (AvgIpc) is 3.16. The molecule has 0 aliphatic heterocycles. The van der Waals surface area contributed by atoms with Crippen molar-refractivity contribution in [3.63, 3.8) is 0 Å². The van der Waals surface area contributed by atoms with Gasteiger partial charge in [0.05, 0.1) is 28.8 Å². The second-order valence-electron chi connectivity index (χ2n) is 5.99. The number of aromatic nitrogens is 1. The van der Waals surface area contributed by atoms with Gasteiger partial charge in [0.1, 0.15) is 0 Å². The largest absolute Gasteiger partial charge is 0.301 e. The quantitative estimate of drug-likeness (QED) is 0.623. The van der Waals surface area contributed by atoms with E-state index in [2.05, 4.69) is 10.3 Å². The summed E-state index contributed by atoms with van der Waals surface area (Å²) in [5.74, 6) is -0.512. The van der Waals surface area contributed by atoms with Crippen LogP contribution in [0.1, 0.15) is 5.56 Å². The fourth-order valence-electron chi connectivity index (χ4n) is 2.41. The van der Waals surface area contributed by atoms with E-state index in [1.807, 2.05) is 18.2 Å². The number of carbonyl (C=O) groups excluding carboxylic acids is 1. The van der Waals surface area contributed by atoms with E-state index < -0.39 is 15.9 Å². The molecule has 0 aliphatic carbocycles. The number of hydrogen-bond acceptors (Lipinski definition) is 6. The van der Waals surface area contributed by atoms with E-state index in [-0.39, 0.29) is 11.4 Å². The lowest BCUT2D eigenvalue weighted by Gasteiger charge is -2.16. The van der Waals surface area contributed by atoms with Crippen LogP contribution >= 0.6 is 22.9 Å². The molecular formula is C19H15ClN4O3S2. The highest BCUT2D eigenvalue weighted by Crippen LogP contribution is 2.26. The molecule has 0 atom stereocenters. The smallest absolute Gasteiger partial charge is 0.243 e. The van der Waals surface area contributed by atoms with E-state index in [0.717, 1.165) is 9.87 Å². The molecule has 0 fully saturated rings. The summed E-state index contributed by atoms with van der Waals surface area (Å²) >= 11 is 7.11. The van der Waals surface area contributed by atoms with Crippen molar-refractivity contribution in [2.75, 3.05) is 18.9 Å². The normalized spacial score (nSPS) is 11.2. The molecule has 10 heteroatoms. The highest BCUT2D eigenvalue weighted by Gasteiger charge is 2.23. The van der Waals surface area contributed by atoms with E-state index in [4.69, 9.17) is 16.9 Å². The van der Waals surface area contributed by atoms with Gasteiger partial charge in [-0.1, -0.05) is 23.7 Å². The highest BCUT2D eigenvalue weighted by atomic mass is 35.5. The van der Waals surface area contributed by atoms with Crippen molar-refractivity contribution in [1.82, 2.24) is 9.29 Å². The molecule has 2 aromatic carbocycles. The monoisotopic (exact) mass is 446 g/mol.